The molecule has 2 spiro atoms. The van der Waals surface area contributed by atoms with Gasteiger partial charge in [0.15, 0.2) is 11.5 Å². The van der Waals surface area contributed by atoms with Crippen LogP contribution in [-0.2, 0) is 11.8 Å². The first kappa shape index (κ1) is 18.3. The Hall–Kier alpha value is -1.26. The molecule has 2 N–H and O–H groups in total. The molecule has 1 aromatic rings. The molecule has 2 heterocycles. The van der Waals surface area contributed by atoms with Crippen LogP contribution in [0.15, 0.2) is 12.1 Å². The number of aliphatic hydroxyl groups is 1. The van der Waals surface area contributed by atoms with Gasteiger partial charge in [-0.05, 0) is 88.8 Å². The molecule has 2 aliphatic heterocycles. The highest BCUT2D eigenvalue weighted by Crippen LogP contribution is 2.79. The maximum atomic E-state index is 11.3. The van der Waals surface area contributed by atoms with Gasteiger partial charge < -0.3 is 14.9 Å². The molecule has 0 aromatic heterocycles. The smallest absolute Gasteiger partial charge is 0.165 e. The number of benzene rings is 1. The van der Waals surface area contributed by atoms with E-state index in [0.717, 1.165) is 43.9 Å². The van der Waals surface area contributed by atoms with E-state index in [-0.39, 0.29) is 28.3 Å². The van der Waals surface area contributed by atoms with Gasteiger partial charge in [0.05, 0.1) is 5.60 Å². The van der Waals surface area contributed by atoms with E-state index in [1.165, 1.54) is 36.9 Å². The second-order valence-electron chi connectivity index (χ2n) is 12.4. The fourth-order valence-electron chi connectivity index (χ4n) is 9.40. The van der Waals surface area contributed by atoms with Crippen LogP contribution in [0.1, 0.15) is 70.4 Å². The number of fused-ring (bicyclic) bond motifs is 2. The number of likely N-dealkylation sites (tertiary alicyclic amines) is 1. The van der Waals surface area contributed by atoms with Gasteiger partial charge in [-0.2, -0.15) is 0 Å². The first-order valence-electron chi connectivity index (χ1n) is 12.2. The highest BCUT2D eigenvalue weighted by atomic mass is 16.5. The lowest BCUT2D eigenvalue weighted by Crippen LogP contribution is -2.79. The summed E-state index contributed by atoms with van der Waals surface area (Å²) in [6.07, 6.45) is 8.51. The van der Waals surface area contributed by atoms with Crippen LogP contribution in [0.25, 0.3) is 0 Å². The predicted octanol–water partition coefficient (Wildman–Crippen LogP) is 4.01. The first-order valence-corrected chi connectivity index (χ1v) is 12.2. The maximum absolute atomic E-state index is 11.3. The van der Waals surface area contributed by atoms with Crippen LogP contribution >= 0.6 is 0 Å². The molecule has 5 fully saturated rings. The van der Waals surface area contributed by atoms with Gasteiger partial charge in [0.25, 0.3) is 0 Å². The Balaban J connectivity index is 1.48. The molecule has 4 bridgehead atoms. The minimum atomic E-state index is -0.722. The molecular formula is C26H35NO3. The SMILES string of the molecule is CC(C)(O)[C@H]1CC23CC[C@]1(C)C1Oc4c(O)ccc5c4[C@@]12CCN(CC1CC1)C3C5. The van der Waals surface area contributed by atoms with Gasteiger partial charge in [-0.25, -0.2) is 0 Å². The molecule has 5 aliphatic carbocycles. The third-order valence-corrected chi connectivity index (χ3v) is 10.6. The Labute approximate surface area is 179 Å². The van der Waals surface area contributed by atoms with Crippen LogP contribution in [-0.4, -0.2) is 45.9 Å². The molecular weight excluding hydrogens is 374 g/mol. The first-order chi connectivity index (χ1) is 14.2. The van der Waals surface area contributed by atoms with E-state index in [0.29, 0.717) is 11.8 Å². The molecule has 0 amide bonds. The summed E-state index contributed by atoms with van der Waals surface area (Å²) in [5.41, 5.74) is 2.14. The van der Waals surface area contributed by atoms with Crippen LogP contribution in [0.5, 0.6) is 11.5 Å². The topological polar surface area (TPSA) is 52.9 Å². The molecule has 4 heteroatoms. The molecule has 3 unspecified atom stereocenters. The molecule has 162 valence electrons. The Kier molecular flexibility index (Phi) is 3.18. The molecule has 1 saturated heterocycles. The lowest BCUT2D eigenvalue weighted by molar-refractivity contribution is -0.260. The largest absolute Gasteiger partial charge is 0.504 e. The van der Waals surface area contributed by atoms with E-state index in [2.05, 4.69) is 17.9 Å². The third kappa shape index (κ3) is 1.85. The molecule has 1 aromatic carbocycles. The minimum Gasteiger partial charge on any atom is -0.504 e. The summed E-state index contributed by atoms with van der Waals surface area (Å²) in [5, 5.41) is 22.1. The van der Waals surface area contributed by atoms with E-state index >= 15 is 0 Å². The lowest BCUT2D eigenvalue weighted by Gasteiger charge is -2.75. The number of nitrogens with zero attached hydrogens (tertiary/aromatic N) is 1. The molecule has 4 saturated carbocycles. The van der Waals surface area contributed by atoms with E-state index in [4.69, 9.17) is 4.74 Å². The average molecular weight is 410 g/mol. The average Bonchev–Trinajstić information content (AvgIpc) is 3.42. The minimum absolute atomic E-state index is 0.00806. The maximum Gasteiger partial charge on any atom is 0.165 e. The summed E-state index contributed by atoms with van der Waals surface area (Å²) < 4.78 is 6.82. The number of piperidine rings is 1. The normalized spacial score (nSPS) is 45.9. The van der Waals surface area contributed by atoms with Crippen molar-refractivity contribution in [1.29, 1.82) is 0 Å². The number of aromatic hydroxyl groups is 1. The second-order valence-corrected chi connectivity index (χ2v) is 12.4. The van der Waals surface area contributed by atoms with Crippen molar-refractivity contribution < 1.29 is 14.9 Å². The highest BCUT2D eigenvalue weighted by molar-refractivity contribution is 5.63. The highest BCUT2D eigenvalue weighted by Gasteiger charge is 2.80. The van der Waals surface area contributed by atoms with Crippen molar-refractivity contribution >= 4 is 0 Å². The number of hydrogen-bond acceptors (Lipinski definition) is 4. The fraction of sp³-hybridized carbons (Fsp3) is 0.769. The van der Waals surface area contributed by atoms with Crippen molar-refractivity contribution in [3.8, 4) is 11.5 Å². The summed E-state index contributed by atoms with van der Waals surface area (Å²) in [6, 6.07) is 4.58. The van der Waals surface area contributed by atoms with Crippen LogP contribution in [0, 0.1) is 22.7 Å². The second kappa shape index (κ2) is 5.20. The number of rotatable bonds is 3. The molecule has 30 heavy (non-hydrogen) atoms. The van der Waals surface area contributed by atoms with Gasteiger partial charge in [-0.15, -0.1) is 0 Å². The van der Waals surface area contributed by atoms with Gasteiger partial charge in [0.1, 0.15) is 6.10 Å². The molecule has 4 nitrogen and oxygen atoms in total. The van der Waals surface area contributed by atoms with Crippen LogP contribution in [0.3, 0.4) is 0 Å². The van der Waals surface area contributed by atoms with Gasteiger partial charge >= 0.3 is 0 Å². The van der Waals surface area contributed by atoms with Crippen molar-refractivity contribution in [2.75, 3.05) is 13.1 Å². The van der Waals surface area contributed by atoms with Crippen molar-refractivity contribution in [3.05, 3.63) is 23.3 Å². The number of phenols is 1. The Morgan fingerprint density at radius 3 is 2.73 bits per heavy atom. The van der Waals surface area contributed by atoms with Gasteiger partial charge in [-0.3, -0.25) is 4.90 Å². The zero-order valence-electron chi connectivity index (χ0n) is 18.6. The van der Waals surface area contributed by atoms with E-state index in [9.17, 15) is 10.2 Å². The number of hydrogen-bond donors (Lipinski definition) is 2. The van der Waals surface area contributed by atoms with E-state index in [1.807, 2.05) is 19.9 Å². The molecule has 0 radical (unpaired) electrons. The summed E-state index contributed by atoms with van der Waals surface area (Å²) >= 11 is 0. The molecule has 7 aliphatic rings. The summed E-state index contributed by atoms with van der Waals surface area (Å²) in [7, 11) is 0. The van der Waals surface area contributed by atoms with Crippen LogP contribution < -0.4 is 4.74 Å². The Bertz CT molecular complexity index is 948. The van der Waals surface area contributed by atoms with Gasteiger partial charge in [0.2, 0.25) is 0 Å². The van der Waals surface area contributed by atoms with Gasteiger partial charge in [-0.1, -0.05) is 13.0 Å². The van der Waals surface area contributed by atoms with Gasteiger partial charge in [0, 0.05) is 34.4 Å². The fourth-order valence-corrected chi connectivity index (χ4v) is 9.40. The predicted molar refractivity (Wildman–Crippen MR) is 115 cm³/mol. The third-order valence-electron chi connectivity index (χ3n) is 10.6. The Morgan fingerprint density at radius 1 is 1.20 bits per heavy atom. The van der Waals surface area contributed by atoms with Crippen molar-refractivity contribution in [2.45, 2.75) is 88.9 Å². The van der Waals surface area contributed by atoms with Crippen molar-refractivity contribution in [1.82, 2.24) is 4.90 Å². The lowest BCUT2D eigenvalue weighted by atomic mass is 9.32. The van der Waals surface area contributed by atoms with Crippen molar-refractivity contribution in [3.63, 3.8) is 0 Å². The molecule has 8 rings (SSSR count). The number of phenolic OH excluding ortho intramolecular Hbond substituents is 1. The molecule has 6 atom stereocenters. The number of ether oxygens (including phenoxy) is 1. The quantitative estimate of drug-likeness (QED) is 0.792. The standard InChI is InChI=1S/C26H35NO3/c1-23(2,29)18-13-25-9-8-24(18,3)22-26(25)10-11-27(14-15-4-5-15)19(25)12-16-6-7-17(28)21(30-22)20(16)26/h6-7,15,18-19,22,28-29H,4-5,8-14H2,1-3H3/t18-,19?,22?,24+,25?,26+/m1/s1. The van der Waals surface area contributed by atoms with E-state index < -0.39 is 5.60 Å². The Morgan fingerprint density at radius 2 is 2.00 bits per heavy atom. The summed E-state index contributed by atoms with van der Waals surface area (Å²) in [5.74, 6) is 2.21. The zero-order valence-corrected chi connectivity index (χ0v) is 18.6. The summed E-state index contributed by atoms with van der Waals surface area (Å²) in [4.78, 5) is 2.84. The summed E-state index contributed by atoms with van der Waals surface area (Å²) in [6.45, 7) is 8.80. The van der Waals surface area contributed by atoms with Crippen molar-refractivity contribution in [2.24, 2.45) is 22.7 Å². The van der Waals surface area contributed by atoms with Crippen LogP contribution in [0.2, 0.25) is 0 Å². The zero-order chi connectivity index (χ0) is 20.7. The van der Waals surface area contributed by atoms with E-state index in [1.54, 1.807) is 0 Å². The van der Waals surface area contributed by atoms with Crippen LogP contribution in [0.4, 0.5) is 0 Å². The monoisotopic (exact) mass is 409 g/mol.